The minimum absolute atomic E-state index is 0.00243. The molecule has 0 saturated carbocycles. The monoisotopic (exact) mass is 386 g/mol. The first-order chi connectivity index (χ1) is 11.7. The van der Waals surface area contributed by atoms with Gasteiger partial charge in [-0.3, -0.25) is 9.59 Å². The summed E-state index contributed by atoms with van der Waals surface area (Å²) in [6.45, 7) is 2.06. The van der Waals surface area contributed by atoms with Crippen LogP contribution in [0.25, 0.3) is 0 Å². The number of carbonyl (C=O) groups excluding carboxylic acids is 2. The number of nitrogens with zero attached hydrogens (tertiary/aromatic N) is 2. The van der Waals surface area contributed by atoms with Crippen LogP contribution in [-0.2, 0) is 25.8 Å². The standard InChI is InChI=1S/C17H23ClN2O4S/c1-25(23,24)12-7-16(21)19-8-2-9-20(11-10-19)17(22)13-14-3-5-15(18)6-4-14/h3-6H,2,7-13H2,1H3. The number of halogens is 1. The van der Waals surface area contributed by atoms with E-state index >= 15 is 0 Å². The van der Waals surface area contributed by atoms with Gasteiger partial charge in [0, 0.05) is 43.9 Å². The number of hydrogen-bond acceptors (Lipinski definition) is 4. The first-order valence-corrected chi connectivity index (χ1v) is 10.7. The molecule has 0 unspecified atom stereocenters. The van der Waals surface area contributed by atoms with Gasteiger partial charge in [-0.2, -0.15) is 0 Å². The van der Waals surface area contributed by atoms with E-state index in [0.717, 1.165) is 11.8 Å². The largest absolute Gasteiger partial charge is 0.341 e. The summed E-state index contributed by atoms with van der Waals surface area (Å²) in [6, 6.07) is 7.18. The first-order valence-electron chi connectivity index (χ1n) is 8.22. The zero-order valence-electron chi connectivity index (χ0n) is 14.3. The van der Waals surface area contributed by atoms with Crippen molar-refractivity contribution in [3.63, 3.8) is 0 Å². The van der Waals surface area contributed by atoms with E-state index in [0.29, 0.717) is 44.0 Å². The fourth-order valence-corrected chi connectivity index (χ4v) is 3.41. The van der Waals surface area contributed by atoms with E-state index in [2.05, 4.69) is 0 Å². The fraction of sp³-hybridized carbons (Fsp3) is 0.529. The van der Waals surface area contributed by atoms with E-state index in [-0.39, 0.29) is 24.0 Å². The molecule has 0 aromatic heterocycles. The van der Waals surface area contributed by atoms with Gasteiger partial charge in [0.1, 0.15) is 9.84 Å². The highest BCUT2D eigenvalue weighted by Gasteiger charge is 2.22. The highest BCUT2D eigenvalue weighted by atomic mass is 35.5. The van der Waals surface area contributed by atoms with E-state index in [9.17, 15) is 18.0 Å². The Labute approximate surface area is 153 Å². The van der Waals surface area contributed by atoms with Gasteiger partial charge < -0.3 is 9.80 Å². The lowest BCUT2D eigenvalue weighted by molar-refractivity contribution is -0.133. The first kappa shape index (κ1) is 19.7. The predicted octanol–water partition coefficient (Wildman–Crippen LogP) is 1.38. The van der Waals surface area contributed by atoms with Crippen LogP contribution in [0.5, 0.6) is 0 Å². The molecule has 0 bridgehead atoms. The molecule has 8 heteroatoms. The lowest BCUT2D eigenvalue weighted by Gasteiger charge is -2.22. The molecular weight excluding hydrogens is 364 g/mol. The SMILES string of the molecule is CS(=O)(=O)CCC(=O)N1CCCN(C(=O)Cc2ccc(Cl)cc2)CC1. The summed E-state index contributed by atoms with van der Waals surface area (Å²) in [7, 11) is -3.15. The summed E-state index contributed by atoms with van der Waals surface area (Å²) >= 11 is 5.85. The average molecular weight is 387 g/mol. The van der Waals surface area contributed by atoms with Crippen LogP contribution >= 0.6 is 11.6 Å². The van der Waals surface area contributed by atoms with Crippen molar-refractivity contribution in [2.45, 2.75) is 19.3 Å². The molecule has 0 aliphatic carbocycles. The van der Waals surface area contributed by atoms with Crippen molar-refractivity contribution >= 4 is 33.3 Å². The number of carbonyl (C=O) groups is 2. The Bertz CT molecular complexity index is 719. The summed E-state index contributed by atoms with van der Waals surface area (Å²) < 4.78 is 22.4. The van der Waals surface area contributed by atoms with Gasteiger partial charge in [-0.1, -0.05) is 23.7 Å². The molecule has 25 heavy (non-hydrogen) atoms. The molecule has 138 valence electrons. The third kappa shape index (κ3) is 6.66. The molecule has 0 atom stereocenters. The number of benzene rings is 1. The Morgan fingerprint density at radius 2 is 1.56 bits per heavy atom. The number of rotatable bonds is 5. The van der Waals surface area contributed by atoms with Crippen LogP contribution in [0.1, 0.15) is 18.4 Å². The molecule has 0 N–H and O–H groups in total. The summed E-state index contributed by atoms with van der Waals surface area (Å²) in [6.07, 6.45) is 2.12. The molecule has 2 rings (SSSR count). The van der Waals surface area contributed by atoms with E-state index in [4.69, 9.17) is 11.6 Å². The van der Waals surface area contributed by atoms with Gasteiger partial charge in [0.05, 0.1) is 12.2 Å². The lowest BCUT2D eigenvalue weighted by Crippen LogP contribution is -2.38. The maximum absolute atomic E-state index is 12.4. The van der Waals surface area contributed by atoms with Crippen molar-refractivity contribution in [3.05, 3.63) is 34.9 Å². The zero-order valence-corrected chi connectivity index (χ0v) is 15.9. The second-order valence-corrected chi connectivity index (χ2v) is 8.99. The summed E-state index contributed by atoms with van der Waals surface area (Å²) in [5, 5.41) is 0.634. The van der Waals surface area contributed by atoms with Crippen molar-refractivity contribution in [2.75, 3.05) is 38.2 Å². The maximum atomic E-state index is 12.4. The quantitative estimate of drug-likeness (QED) is 0.766. The predicted molar refractivity (Wildman–Crippen MR) is 97.3 cm³/mol. The molecule has 1 aromatic rings. The molecule has 1 aliphatic rings. The summed E-state index contributed by atoms with van der Waals surface area (Å²) in [4.78, 5) is 28.0. The van der Waals surface area contributed by atoms with Crippen LogP contribution in [0.15, 0.2) is 24.3 Å². The smallest absolute Gasteiger partial charge is 0.227 e. The Kier molecular flexibility index (Phi) is 6.84. The minimum Gasteiger partial charge on any atom is -0.341 e. The zero-order chi connectivity index (χ0) is 18.4. The van der Waals surface area contributed by atoms with Crippen LogP contribution in [0.4, 0.5) is 0 Å². The van der Waals surface area contributed by atoms with Gasteiger partial charge in [0.2, 0.25) is 11.8 Å². The molecule has 0 spiro atoms. The average Bonchev–Trinajstić information content (AvgIpc) is 2.80. The fourth-order valence-electron chi connectivity index (χ4n) is 2.74. The van der Waals surface area contributed by atoms with E-state index in [1.807, 2.05) is 12.1 Å². The topological polar surface area (TPSA) is 74.8 Å². The van der Waals surface area contributed by atoms with Crippen molar-refractivity contribution in [3.8, 4) is 0 Å². The van der Waals surface area contributed by atoms with Gasteiger partial charge in [0.25, 0.3) is 0 Å². The Balaban J connectivity index is 1.86. The Morgan fingerprint density at radius 1 is 1.00 bits per heavy atom. The van der Waals surface area contributed by atoms with Crippen LogP contribution < -0.4 is 0 Å². The third-order valence-corrected chi connectivity index (χ3v) is 5.35. The molecule has 2 amide bonds. The van der Waals surface area contributed by atoms with Crippen LogP contribution in [0.2, 0.25) is 5.02 Å². The molecule has 1 aromatic carbocycles. The van der Waals surface area contributed by atoms with Crippen molar-refractivity contribution < 1.29 is 18.0 Å². The summed E-state index contributed by atoms with van der Waals surface area (Å²) in [5.74, 6) is -0.285. The highest BCUT2D eigenvalue weighted by molar-refractivity contribution is 7.90. The van der Waals surface area contributed by atoms with Crippen molar-refractivity contribution in [1.29, 1.82) is 0 Å². The Hall–Kier alpha value is -1.60. The molecule has 1 heterocycles. The van der Waals surface area contributed by atoms with Crippen LogP contribution in [0, 0.1) is 0 Å². The van der Waals surface area contributed by atoms with Crippen molar-refractivity contribution in [1.82, 2.24) is 9.80 Å². The third-order valence-electron chi connectivity index (χ3n) is 4.16. The molecule has 1 saturated heterocycles. The molecule has 0 radical (unpaired) electrons. The van der Waals surface area contributed by atoms with Gasteiger partial charge in [-0.05, 0) is 24.1 Å². The maximum Gasteiger partial charge on any atom is 0.227 e. The number of sulfone groups is 1. The van der Waals surface area contributed by atoms with E-state index < -0.39 is 9.84 Å². The number of amides is 2. The van der Waals surface area contributed by atoms with Gasteiger partial charge in [0.15, 0.2) is 0 Å². The van der Waals surface area contributed by atoms with Gasteiger partial charge >= 0.3 is 0 Å². The molecule has 1 aliphatic heterocycles. The lowest BCUT2D eigenvalue weighted by atomic mass is 10.1. The van der Waals surface area contributed by atoms with Crippen molar-refractivity contribution in [2.24, 2.45) is 0 Å². The van der Waals surface area contributed by atoms with Crippen LogP contribution in [0.3, 0.4) is 0 Å². The second kappa shape index (κ2) is 8.67. The van der Waals surface area contributed by atoms with Gasteiger partial charge in [-0.25, -0.2) is 8.42 Å². The summed E-state index contributed by atoms with van der Waals surface area (Å²) in [5.41, 5.74) is 0.903. The second-order valence-electron chi connectivity index (χ2n) is 6.30. The molecule has 6 nitrogen and oxygen atoms in total. The number of hydrogen-bond donors (Lipinski definition) is 0. The Morgan fingerprint density at radius 3 is 2.12 bits per heavy atom. The highest BCUT2D eigenvalue weighted by Crippen LogP contribution is 2.12. The normalized spacial score (nSPS) is 15.8. The minimum atomic E-state index is -3.15. The molecular formula is C17H23ClN2O4S. The van der Waals surface area contributed by atoms with Crippen LogP contribution in [-0.4, -0.2) is 68.2 Å². The van der Waals surface area contributed by atoms with E-state index in [1.165, 1.54) is 0 Å². The van der Waals surface area contributed by atoms with Gasteiger partial charge in [-0.15, -0.1) is 0 Å². The molecule has 1 fully saturated rings. The van der Waals surface area contributed by atoms with E-state index in [1.54, 1.807) is 21.9 Å².